The van der Waals surface area contributed by atoms with Crippen molar-refractivity contribution >= 4 is 26.9 Å². The van der Waals surface area contributed by atoms with E-state index in [1.165, 1.54) is 5.56 Å². The number of thiophene rings is 1. The van der Waals surface area contributed by atoms with Gasteiger partial charge in [0.1, 0.15) is 6.10 Å². The summed E-state index contributed by atoms with van der Waals surface area (Å²) in [6.07, 6.45) is 0.0825. The second kappa shape index (κ2) is 6.40. The van der Waals surface area contributed by atoms with E-state index < -0.39 is 9.84 Å². The number of morpholine rings is 1. The lowest BCUT2D eigenvalue weighted by Crippen LogP contribution is -2.38. The van der Waals surface area contributed by atoms with Crippen molar-refractivity contribution in [3.05, 3.63) is 46.7 Å². The summed E-state index contributed by atoms with van der Waals surface area (Å²) in [5.41, 5.74) is 2.25. The summed E-state index contributed by atoms with van der Waals surface area (Å²) in [6, 6.07) is 9.26. The van der Waals surface area contributed by atoms with E-state index in [1.807, 2.05) is 12.1 Å². The molecule has 3 rings (SSSR count). The molecule has 0 amide bonds. The van der Waals surface area contributed by atoms with Gasteiger partial charge < -0.3 is 9.64 Å². The summed E-state index contributed by atoms with van der Waals surface area (Å²) in [5.74, 6) is 0.129. The van der Waals surface area contributed by atoms with E-state index in [9.17, 15) is 8.42 Å². The number of sulfone groups is 1. The summed E-state index contributed by atoms with van der Waals surface area (Å²) in [4.78, 5) is 2.63. The topological polar surface area (TPSA) is 46.6 Å². The van der Waals surface area contributed by atoms with Gasteiger partial charge in [-0.2, -0.15) is 11.3 Å². The maximum atomic E-state index is 11.9. The average molecular weight is 337 g/mol. The van der Waals surface area contributed by atoms with Gasteiger partial charge in [-0.15, -0.1) is 0 Å². The summed E-state index contributed by atoms with van der Waals surface area (Å²) in [5, 5.41) is 4.17. The highest BCUT2D eigenvalue weighted by molar-refractivity contribution is 7.91. The standard InChI is InChI=1S/C16H19NO3S2/c1-2-22(18,19)15-5-3-14(4-6-15)17-8-9-20-16(11-17)13-7-10-21-12-13/h3-7,10,12,16H,2,8-9,11H2,1H3. The lowest BCUT2D eigenvalue weighted by Gasteiger charge is -2.34. The van der Waals surface area contributed by atoms with Crippen LogP contribution >= 0.6 is 11.3 Å². The molecule has 118 valence electrons. The van der Waals surface area contributed by atoms with Gasteiger partial charge >= 0.3 is 0 Å². The van der Waals surface area contributed by atoms with E-state index in [0.717, 1.165) is 18.8 Å². The second-order valence-corrected chi connectivity index (χ2v) is 8.32. The molecule has 1 saturated heterocycles. The van der Waals surface area contributed by atoms with Crippen LogP contribution in [0, 0.1) is 0 Å². The molecule has 1 aromatic carbocycles. The van der Waals surface area contributed by atoms with Crippen LogP contribution in [-0.2, 0) is 14.6 Å². The summed E-state index contributed by atoms with van der Waals surface area (Å²) < 4.78 is 29.6. The molecule has 0 N–H and O–H groups in total. The van der Waals surface area contributed by atoms with Gasteiger partial charge in [0, 0.05) is 18.8 Å². The zero-order valence-corrected chi connectivity index (χ0v) is 14.1. The number of anilines is 1. The highest BCUT2D eigenvalue weighted by Crippen LogP contribution is 2.28. The Balaban J connectivity index is 1.76. The average Bonchev–Trinajstić information content (AvgIpc) is 3.10. The van der Waals surface area contributed by atoms with E-state index in [0.29, 0.717) is 11.5 Å². The van der Waals surface area contributed by atoms with Gasteiger partial charge in [-0.25, -0.2) is 8.42 Å². The van der Waals surface area contributed by atoms with Crippen LogP contribution < -0.4 is 4.90 Å². The zero-order valence-electron chi connectivity index (χ0n) is 12.4. The zero-order chi connectivity index (χ0) is 15.6. The molecule has 1 atom stereocenters. The molecule has 2 heterocycles. The number of nitrogens with zero attached hydrogens (tertiary/aromatic N) is 1. The maximum absolute atomic E-state index is 11.9. The highest BCUT2D eigenvalue weighted by Gasteiger charge is 2.22. The number of ether oxygens (including phenoxy) is 1. The third kappa shape index (κ3) is 3.19. The van der Waals surface area contributed by atoms with Crippen LogP contribution in [0.4, 0.5) is 5.69 Å². The van der Waals surface area contributed by atoms with E-state index >= 15 is 0 Å². The highest BCUT2D eigenvalue weighted by atomic mass is 32.2. The fraction of sp³-hybridized carbons (Fsp3) is 0.375. The molecule has 0 aliphatic carbocycles. The molecule has 1 fully saturated rings. The Morgan fingerprint density at radius 3 is 2.68 bits per heavy atom. The molecular weight excluding hydrogens is 318 g/mol. The molecule has 0 saturated carbocycles. The van der Waals surface area contributed by atoms with Crippen molar-refractivity contribution in [1.29, 1.82) is 0 Å². The van der Waals surface area contributed by atoms with Crippen molar-refractivity contribution < 1.29 is 13.2 Å². The van der Waals surface area contributed by atoms with Crippen LogP contribution in [0.5, 0.6) is 0 Å². The monoisotopic (exact) mass is 337 g/mol. The first-order valence-electron chi connectivity index (χ1n) is 7.31. The number of rotatable bonds is 4. The first-order valence-corrected chi connectivity index (χ1v) is 9.91. The fourth-order valence-corrected chi connectivity index (χ4v) is 4.16. The van der Waals surface area contributed by atoms with Crippen molar-refractivity contribution in [3.8, 4) is 0 Å². The van der Waals surface area contributed by atoms with Crippen LogP contribution in [0.3, 0.4) is 0 Å². The van der Waals surface area contributed by atoms with Gasteiger partial charge in [-0.3, -0.25) is 0 Å². The Bertz CT molecular complexity index is 708. The molecule has 0 spiro atoms. The van der Waals surface area contributed by atoms with Gasteiger partial charge in [-0.1, -0.05) is 6.92 Å². The minimum atomic E-state index is -3.13. The number of hydrogen-bond acceptors (Lipinski definition) is 5. The van der Waals surface area contributed by atoms with E-state index in [4.69, 9.17) is 4.74 Å². The lowest BCUT2D eigenvalue weighted by atomic mass is 10.1. The Morgan fingerprint density at radius 2 is 2.05 bits per heavy atom. The van der Waals surface area contributed by atoms with E-state index in [-0.39, 0.29) is 11.9 Å². The van der Waals surface area contributed by atoms with Crippen molar-refractivity contribution in [2.45, 2.75) is 17.9 Å². The van der Waals surface area contributed by atoms with Crippen LogP contribution in [0.15, 0.2) is 46.0 Å². The summed E-state index contributed by atoms with van der Waals surface area (Å²) in [6.45, 7) is 3.95. The maximum Gasteiger partial charge on any atom is 0.178 e. The first kappa shape index (κ1) is 15.5. The van der Waals surface area contributed by atoms with Crippen molar-refractivity contribution in [1.82, 2.24) is 0 Å². The minimum absolute atomic E-state index is 0.0825. The Morgan fingerprint density at radius 1 is 1.27 bits per heavy atom. The largest absolute Gasteiger partial charge is 0.370 e. The molecule has 0 bridgehead atoms. The second-order valence-electron chi connectivity index (χ2n) is 5.26. The normalized spacial score (nSPS) is 19.3. The van der Waals surface area contributed by atoms with E-state index in [1.54, 1.807) is 30.4 Å². The summed E-state index contributed by atoms with van der Waals surface area (Å²) >= 11 is 1.67. The smallest absolute Gasteiger partial charge is 0.178 e. The molecule has 1 aromatic heterocycles. The molecule has 4 nitrogen and oxygen atoms in total. The van der Waals surface area contributed by atoms with Gasteiger partial charge in [0.15, 0.2) is 9.84 Å². The molecule has 2 aromatic rings. The van der Waals surface area contributed by atoms with E-state index in [2.05, 4.69) is 21.7 Å². The first-order chi connectivity index (χ1) is 10.6. The van der Waals surface area contributed by atoms with Crippen molar-refractivity contribution in [2.24, 2.45) is 0 Å². The molecule has 1 unspecified atom stereocenters. The molecule has 1 aliphatic rings. The van der Waals surface area contributed by atoms with Gasteiger partial charge in [-0.05, 0) is 46.7 Å². The number of benzene rings is 1. The van der Waals surface area contributed by atoms with Gasteiger partial charge in [0.25, 0.3) is 0 Å². The van der Waals surface area contributed by atoms with Crippen LogP contribution in [0.2, 0.25) is 0 Å². The molecule has 6 heteroatoms. The van der Waals surface area contributed by atoms with Crippen LogP contribution in [0.1, 0.15) is 18.6 Å². The Kier molecular flexibility index (Phi) is 4.52. The molecule has 1 aliphatic heterocycles. The van der Waals surface area contributed by atoms with Crippen molar-refractivity contribution in [3.63, 3.8) is 0 Å². The molecular formula is C16H19NO3S2. The number of hydrogen-bond donors (Lipinski definition) is 0. The summed E-state index contributed by atoms with van der Waals surface area (Å²) in [7, 11) is -3.13. The minimum Gasteiger partial charge on any atom is -0.370 e. The van der Waals surface area contributed by atoms with Gasteiger partial charge in [0.2, 0.25) is 0 Å². The predicted molar refractivity (Wildman–Crippen MR) is 89.4 cm³/mol. The van der Waals surface area contributed by atoms with Crippen molar-refractivity contribution in [2.75, 3.05) is 30.3 Å². The predicted octanol–water partition coefficient (Wildman–Crippen LogP) is 3.12. The fourth-order valence-electron chi connectivity index (χ4n) is 2.57. The molecule has 0 radical (unpaired) electrons. The van der Waals surface area contributed by atoms with Crippen LogP contribution in [0.25, 0.3) is 0 Å². The quantitative estimate of drug-likeness (QED) is 0.860. The van der Waals surface area contributed by atoms with Gasteiger partial charge in [0.05, 0.1) is 17.3 Å². The SMILES string of the molecule is CCS(=O)(=O)c1ccc(N2CCOC(c3ccsc3)C2)cc1. The van der Waals surface area contributed by atoms with Crippen LogP contribution in [-0.4, -0.2) is 33.9 Å². The Hall–Kier alpha value is -1.37. The Labute approximate surface area is 135 Å². The molecule has 22 heavy (non-hydrogen) atoms. The third-order valence-corrected chi connectivity index (χ3v) is 6.37. The lowest BCUT2D eigenvalue weighted by molar-refractivity contribution is 0.0401. The third-order valence-electron chi connectivity index (χ3n) is 3.92.